The third-order valence-electron chi connectivity index (χ3n) is 5.75. The van der Waals surface area contributed by atoms with Crippen molar-refractivity contribution in [2.45, 2.75) is 70.2 Å². The summed E-state index contributed by atoms with van der Waals surface area (Å²) in [7, 11) is 1.55. The van der Waals surface area contributed by atoms with Crippen molar-refractivity contribution in [2.24, 2.45) is 0 Å². The number of rotatable bonds is 6. The maximum Gasteiger partial charge on any atom is 0.137 e. The van der Waals surface area contributed by atoms with Gasteiger partial charge in [0.25, 0.3) is 0 Å². The van der Waals surface area contributed by atoms with Crippen molar-refractivity contribution >= 4 is 22.9 Å². The van der Waals surface area contributed by atoms with Gasteiger partial charge in [-0.05, 0) is 49.1 Å². The molecule has 166 valence electrons. The highest BCUT2D eigenvalue weighted by atomic mass is 35.5. The Morgan fingerprint density at radius 3 is 2.50 bits per heavy atom. The summed E-state index contributed by atoms with van der Waals surface area (Å²) in [6, 6.07) is 5.10. The molecule has 0 saturated carbocycles. The molecule has 2 aromatic rings. The molecule has 8 heteroatoms. The largest absolute Gasteiger partial charge is 0.388 e. The molecule has 0 aliphatic carbocycles. The van der Waals surface area contributed by atoms with Gasteiger partial charge in [0.15, 0.2) is 0 Å². The fraction of sp³-hybridized carbons (Fsp3) is 0.545. The van der Waals surface area contributed by atoms with Crippen LogP contribution in [0.4, 0.5) is 4.39 Å². The summed E-state index contributed by atoms with van der Waals surface area (Å²) in [6.45, 7) is 5.45. The fourth-order valence-electron chi connectivity index (χ4n) is 4.04. The van der Waals surface area contributed by atoms with Crippen molar-refractivity contribution < 1.29 is 29.2 Å². The van der Waals surface area contributed by atoms with Gasteiger partial charge in [-0.2, -0.15) is 0 Å². The quantitative estimate of drug-likeness (QED) is 0.617. The van der Waals surface area contributed by atoms with Gasteiger partial charge in [0.05, 0.1) is 12.7 Å². The van der Waals surface area contributed by atoms with E-state index in [1.807, 2.05) is 13.0 Å². The van der Waals surface area contributed by atoms with E-state index in [-0.39, 0.29) is 12.4 Å². The molecule has 0 amide bonds. The SMILES string of the molecule is CCc1sc(Cc2cc([C@]3(C)O[C@H](C)[C@@H](O)[C@H](O)[C@H]3O)c(COC)cc2Cl)cc1F. The lowest BCUT2D eigenvalue weighted by Gasteiger charge is -2.47. The third kappa shape index (κ3) is 4.30. The number of thiophene rings is 1. The smallest absolute Gasteiger partial charge is 0.137 e. The molecule has 30 heavy (non-hydrogen) atoms. The van der Waals surface area contributed by atoms with Crippen LogP contribution in [-0.2, 0) is 34.5 Å². The zero-order chi connectivity index (χ0) is 22.2. The van der Waals surface area contributed by atoms with Crippen molar-refractivity contribution in [3.8, 4) is 0 Å². The molecule has 2 heterocycles. The van der Waals surface area contributed by atoms with Crippen LogP contribution < -0.4 is 0 Å². The van der Waals surface area contributed by atoms with Crippen molar-refractivity contribution in [3.63, 3.8) is 0 Å². The van der Waals surface area contributed by atoms with E-state index < -0.39 is 30.0 Å². The number of hydrogen-bond acceptors (Lipinski definition) is 6. The zero-order valence-corrected chi connectivity index (χ0v) is 19.1. The number of benzene rings is 1. The van der Waals surface area contributed by atoms with Crippen LogP contribution in [0.1, 0.15) is 47.2 Å². The summed E-state index contributed by atoms with van der Waals surface area (Å²) in [4.78, 5) is 1.54. The molecule has 0 bridgehead atoms. The first kappa shape index (κ1) is 23.6. The van der Waals surface area contributed by atoms with Crippen molar-refractivity contribution in [3.05, 3.63) is 55.5 Å². The van der Waals surface area contributed by atoms with E-state index in [0.29, 0.717) is 33.9 Å². The van der Waals surface area contributed by atoms with Gasteiger partial charge >= 0.3 is 0 Å². The molecule has 1 aliphatic rings. The van der Waals surface area contributed by atoms with E-state index in [0.717, 1.165) is 10.4 Å². The van der Waals surface area contributed by atoms with E-state index >= 15 is 0 Å². The summed E-state index contributed by atoms with van der Waals surface area (Å²) < 4.78 is 25.4. The van der Waals surface area contributed by atoms with Crippen LogP contribution in [0.3, 0.4) is 0 Å². The molecule has 0 spiro atoms. The van der Waals surface area contributed by atoms with Crippen LogP contribution in [0.5, 0.6) is 0 Å². The lowest BCUT2D eigenvalue weighted by atomic mass is 9.79. The molecule has 1 fully saturated rings. The van der Waals surface area contributed by atoms with Crippen LogP contribution in [0.25, 0.3) is 0 Å². The molecule has 1 saturated heterocycles. The van der Waals surface area contributed by atoms with Gasteiger partial charge in [0.2, 0.25) is 0 Å². The van der Waals surface area contributed by atoms with E-state index in [4.69, 9.17) is 21.1 Å². The maximum atomic E-state index is 14.0. The first-order chi connectivity index (χ1) is 14.1. The standard InChI is InChI=1S/C22H28ClFO5S/c1-5-18-17(24)9-14(30-18)6-12-7-15(13(10-28-4)8-16(12)23)22(3)21(27)20(26)19(25)11(2)29-22/h7-9,11,19-21,25-27H,5-6,10H2,1-4H3/t11-,19-,20+,21-,22+/m1/s1. The molecule has 3 rings (SSSR count). The average molecular weight is 459 g/mol. The normalized spacial score (nSPS) is 29.4. The summed E-state index contributed by atoms with van der Waals surface area (Å²) >= 11 is 7.94. The summed E-state index contributed by atoms with van der Waals surface area (Å²) in [6.07, 6.45) is -3.58. The van der Waals surface area contributed by atoms with Gasteiger partial charge in [0, 0.05) is 28.3 Å². The van der Waals surface area contributed by atoms with Gasteiger partial charge in [-0.25, -0.2) is 4.39 Å². The highest BCUT2D eigenvalue weighted by Gasteiger charge is 2.51. The number of halogens is 2. The Bertz CT molecular complexity index is 904. The average Bonchev–Trinajstić information content (AvgIpc) is 3.06. The first-order valence-electron chi connectivity index (χ1n) is 9.92. The highest BCUT2D eigenvalue weighted by molar-refractivity contribution is 7.12. The Morgan fingerprint density at radius 2 is 1.90 bits per heavy atom. The Labute approximate surface area is 185 Å². The Balaban J connectivity index is 2.07. The van der Waals surface area contributed by atoms with Gasteiger partial charge in [-0.15, -0.1) is 11.3 Å². The Kier molecular flexibility index (Phi) is 7.24. The number of hydrogen-bond donors (Lipinski definition) is 3. The first-order valence-corrected chi connectivity index (χ1v) is 11.1. The molecular weight excluding hydrogens is 431 g/mol. The number of ether oxygens (including phenoxy) is 2. The van der Waals surface area contributed by atoms with Crippen molar-refractivity contribution in [1.82, 2.24) is 0 Å². The fourth-order valence-corrected chi connectivity index (χ4v) is 5.31. The minimum absolute atomic E-state index is 0.214. The molecule has 3 N–H and O–H groups in total. The molecule has 5 atom stereocenters. The Hall–Kier alpha value is -1.06. The predicted molar refractivity (Wildman–Crippen MR) is 115 cm³/mol. The van der Waals surface area contributed by atoms with Gasteiger partial charge in [-0.3, -0.25) is 0 Å². The van der Waals surface area contributed by atoms with E-state index in [1.165, 1.54) is 17.4 Å². The lowest BCUT2D eigenvalue weighted by Crippen LogP contribution is -2.61. The number of aliphatic hydroxyl groups is 3. The van der Waals surface area contributed by atoms with E-state index in [9.17, 15) is 19.7 Å². The molecule has 0 unspecified atom stereocenters. The van der Waals surface area contributed by atoms with Crippen LogP contribution in [0.15, 0.2) is 18.2 Å². The number of methoxy groups -OCH3 is 1. The number of aryl methyl sites for hydroxylation is 1. The monoisotopic (exact) mass is 458 g/mol. The molecule has 1 aliphatic heterocycles. The van der Waals surface area contributed by atoms with Crippen LogP contribution >= 0.6 is 22.9 Å². The summed E-state index contributed by atoms with van der Waals surface area (Å²) in [5.41, 5.74) is 0.776. The molecule has 5 nitrogen and oxygen atoms in total. The van der Waals surface area contributed by atoms with Gasteiger partial charge < -0.3 is 24.8 Å². The Morgan fingerprint density at radius 1 is 1.20 bits per heavy atom. The van der Waals surface area contributed by atoms with Crippen LogP contribution in [0.2, 0.25) is 5.02 Å². The van der Waals surface area contributed by atoms with Crippen molar-refractivity contribution in [1.29, 1.82) is 0 Å². The zero-order valence-electron chi connectivity index (χ0n) is 17.5. The molecule has 0 radical (unpaired) electrons. The van der Waals surface area contributed by atoms with Crippen LogP contribution in [-0.4, -0.2) is 46.8 Å². The molecular formula is C22H28ClFO5S. The second kappa shape index (κ2) is 9.20. The second-order valence-corrected chi connectivity index (χ2v) is 9.53. The summed E-state index contributed by atoms with van der Waals surface area (Å²) in [5.74, 6) is -0.214. The summed E-state index contributed by atoms with van der Waals surface area (Å²) in [5, 5.41) is 31.8. The van der Waals surface area contributed by atoms with E-state index in [1.54, 1.807) is 27.0 Å². The second-order valence-electron chi connectivity index (χ2n) is 7.90. The van der Waals surface area contributed by atoms with Gasteiger partial charge in [-0.1, -0.05) is 24.6 Å². The van der Waals surface area contributed by atoms with Gasteiger partial charge in [0.1, 0.15) is 29.7 Å². The minimum Gasteiger partial charge on any atom is -0.388 e. The topological polar surface area (TPSA) is 79.2 Å². The number of aliphatic hydroxyl groups excluding tert-OH is 3. The predicted octanol–water partition coefficient (Wildman–Crippen LogP) is 3.56. The highest BCUT2D eigenvalue weighted by Crippen LogP contribution is 2.42. The minimum atomic E-state index is -1.37. The van der Waals surface area contributed by atoms with Crippen molar-refractivity contribution in [2.75, 3.05) is 7.11 Å². The van der Waals surface area contributed by atoms with Crippen LogP contribution in [0, 0.1) is 5.82 Å². The lowest BCUT2D eigenvalue weighted by molar-refractivity contribution is -0.263. The molecule has 1 aromatic heterocycles. The van der Waals surface area contributed by atoms with E-state index in [2.05, 4.69) is 0 Å². The maximum absolute atomic E-state index is 14.0. The molecule has 1 aromatic carbocycles. The third-order valence-corrected chi connectivity index (χ3v) is 7.36.